The van der Waals surface area contributed by atoms with Gasteiger partial charge in [0, 0.05) is 6.20 Å². The van der Waals surface area contributed by atoms with E-state index in [4.69, 9.17) is 4.74 Å². The lowest BCUT2D eigenvalue weighted by atomic mass is 10.3. The molecule has 0 saturated heterocycles. The summed E-state index contributed by atoms with van der Waals surface area (Å²) < 4.78 is 5.13. The summed E-state index contributed by atoms with van der Waals surface area (Å²) in [6.07, 6.45) is 2.63. The van der Waals surface area contributed by atoms with Crippen molar-refractivity contribution < 1.29 is 14.4 Å². The maximum Gasteiger partial charge on any atom is 0.497 e. The molecule has 1 N–H and O–H groups in total. The zero-order valence-corrected chi connectivity index (χ0v) is 9.17. The Bertz CT molecular complexity index is 485. The Kier molecular flexibility index (Phi) is 3.47. The summed E-state index contributed by atoms with van der Waals surface area (Å²) in [6.45, 7) is 0. The van der Waals surface area contributed by atoms with Crippen molar-refractivity contribution in [3.8, 4) is 5.75 Å². The number of ether oxygens (including phenoxy) is 1. The number of nitrogens with zero attached hydrogens (tertiary/aromatic N) is 1. The molecule has 0 radical (unpaired) electrons. The van der Waals surface area contributed by atoms with Crippen LogP contribution in [0.2, 0.25) is 0 Å². The standard InChI is InChI=1S/C13H12N2O2/c1-15(11-6-3-2-4-7-11)13(16)17-12-8-5-9-14-10-12/h2-10,15H,1H2. The fraction of sp³-hybridized carbons (Fsp3) is 0. The fourth-order valence-corrected chi connectivity index (χ4v) is 1.33. The number of carbonyl (C=O) groups is 1. The average molecular weight is 228 g/mol. The predicted molar refractivity (Wildman–Crippen MR) is 62.7 cm³/mol. The molecule has 2 rings (SSSR count). The Morgan fingerprint density at radius 2 is 1.94 bits per heavy atom. The van der Waals surface area contributed by atoms with Crippen LogP contribution in [0.4, 0.5) is 10.5 Å². The summed E-state index contributed by atoms with van der Waals surface area (Å²) in [5.74, 6) is 0.412. The Hall–Kier alpha value is -2.20. The van der Waals surface area contributed by atoms with Crippen molar-refractivity contribution in [1.29, 1.82) is 0 Å². The number of amides is 1. The van der Waals surface area contributed by atoms with E-state index < -0.39 is 6.09 Å². The van der Waals surface area contributed by atoms with Crippen molar-refractivity contribution in [2.75, 3.05) is 0 Å². The number of aromatic nitrogens is 1. The van der Waals surface area contributed by atoms with E-state index in [1.54, 1.807) is 18.3 Å². The summed E-state index contributed by atoms with van der Waals surface area (Å²) in [5, 5.41) is 0. The zero-order chi connectivity index (χ0) is 12.1. The van der Waals surface area contributed by atoms with E-state index in [9.17, 15) is 4.79 Å². The van der Waals surface area contributed by atoms with Crippen LogP contribution in [0.3, 0.4) is 0 Å². The third-order valence-electron chi connectivity index (χ3n) is 2.21. The Balaban J connectivity index is 2.06. The number of rotatable bonds is 2. The Labute approximate surface area is 99.5 Å². The van der Waals surface area contributed by atoms with Gasteiger partial charge in [-0.1, -0.05) is 18.2 Å². The molecule has 0 spiro atoms. The van der Waals surface area contributed by atoms with E-state index in [2.05, 4.69) is 12.0 Å². The maximum atomic E-state index is 11.8. The number of nitrogens with one attached hydrogen (secondary N) is 1. The molecule has 1 atom stereocenters. The molecule has 1 unspecified atom stereocenters. The van der Waals surface area contributed by atoms with Gasteiger partial charge in [0.1, 0.15) is 5.69 Å². The summed E-state index contributed by atoms with van der Waals surface area (Å²) in [5.41, 5.74) is 0.751. The molecule has 4 nitrogen and oxygen atoms in total. The van der Waals surface area contributed by atoms with E-state index >= 15 is 0 Å². The van der Waals surface area contributed by atoms with Gasteiger partial charge in [-0.15, -0.1) is 7.05 Å². The zero-order valence-electron chi connectivity index (χ0n) is 9.17. The molecule has 4 heteroatoms. The normalized spacial score (nSPS) is 11.8. The molecule has 0 saturated carbocycles. The van der Waals surface area contributed by atoms with Gasteiger partial charge in [0.2, 0.25) is 0 Å². The Morgan fingerprint density at radius 3 is 2.59 bits per heavy atom. The van der Waals surface area contributed by atoms with Gasteiger partial charge in [-0.25, -0.2) is 0 Å². The quantitative estimate of drug-likeness (QED) is 0.794. The van der Waals surface area contributed by atoms with Crippen molar-refractivity contribution in [2.24, 2.45) is 0 Å². The minimum atomic E-state index is -0.468. The molecule has 0 bridgehead atoms. The van der Waals surface area contributed by atoms with Crippen molar-refractivity contribution in [1.82, 2.24) is 4.98 Å². The van der Waals surface area contributed by atoms with E-state index in [0.717, 1.165) is 5.69 Å². The largest absolute Gasteiger partial charge is 0.497 e. The second-order valence-corrected chi connectivity index (χ2v) is 3.42. The highest BCUT2D eigenvalue weighted by Crippen LogP contribution is 2.06. The molecule has 0 aliphatic rings. The first-order valence-electron chi connectivity index (χ1n) is 5.14. The average Bonchev–Trinajstić information content (AvgIpc) is 2.40. The summed E-state index contributed by atoms with van der Waals surface area (Å²) in [7, 11) is 3.73. The molecular formula is C13H12N2O2. The highest BCUT2D eigenvalue weighted by Gasteiger charge is 2.14. The summed E-state index contributed by atoms with van der Waals surface area (Å²) >= 11 is 0. The number of hydrogen-bond donors (Lipinski definition) is 1. The number of benzene rings is 1. The van der Waals surface area contributed by atoms with Crippen molar-refractivity contribution in [3.05, 3.63) is 61.9 Å². The van der Waals surface area contributed by atoms with E-state index in [0.29, 0.717) is 10.6 Å². The predicted octanol–water partition coefficient (Wildman–Crippen LogP) is 1.59. The van der Waals surface area contributed by atoms with Crippen LogP contribution in [0.1, 0.15) is 0 Å². The second-order valence-electron chi connectivity index (χ2n) is 3.42. The van der Waals surface area contributed by atoms with Crippen LogP contribution < -0.4 is 9.64 Å². The first-order chi connectivity index (χ1) is 8.27. The third-order valence-corrected chi connectivity index (χ3v) is 2.21. The van der Waals surface area contributed by atoms with Crippen molar-refractivity contribution in [2.45, 2.75) is 0 Å². The van der Waals surface area contributed by atoms with Crippen molar-refractivity contribution in [3.63, 3.8) is 0 Å². The first kappa shape index (κ1) is 11.3. The SMILES string of the molecule is [CH2-][NH+](C(=O)Oc1cccnc1)c1ccccc1. The van der Waals surface area contributed by atoms with Crippen LogP contribution in [0.25, 0.3) is 0 Å². The number of para-hydroxylation sites is 1. The molecule has 0 aliphatic heterocycles. The minimum absolute atomic E-state index is 0.328. The lowest BCUT2D eigenvalue weighted by Crippen LogP contribution is -3.05. The van der Waals surface area contributed by atoms with Gasteiger partial charge in [-0.05, 0) is 24.3 Å². The van der Waals surface area contributed by atoms with Crippen LogP contribution in [-0.4, -0.2) is 11.1 Å². The van der Waals surface area contributed by atoms with Crippen molar-refractivity contribution >= 4 is 11.8 Å². The first-order valence-corrected chi connectivity index (χ1v) is 5.14. The molecule has 2 aromatic rings. The second kappa shape index (κ2) is 5.23. The molecule has 86 valence electrons. The molecule has 1 heterocycles. The minimum Gasteiger partial charge on any atom is -0.381 e. The molecule has 17 heavy (non-hydrogen) atoms. The molecule has 1 amide bonds. The smallest absolute Gasteiger partial charge is 0.381 e. The highest BCUT2D eigenvalue weighted by molar-refractivity contribution is 5.64. The van der Waals surface area contributed by atoms with Crippen LogP contribution in [0, 0.1) is 7.05 Å². The van der Waals surface area contributed by atoms with Gasteiger partial charge < -0.3 is 9.64 Å². The van der Waals surface area contributed by atoms with Crippen LogP contribution in [0.5, 0.6) is 5.75 Å². The van der Waals surface area contributed by atoms with Gasteiger partial charge in [0.15, 0.2) is 5.75 Å². The Morgan fingerprint density at radius 1 is 1.18 bits per heavy atom. The monoisotopic (exact) mass is 228 g/mol. The lowest BCUT2D eigenvalue weighted by Gasteiger charge is -2.16. The van der Waals surface area contributed by atoms with Crippen LogP contribution >= 0.6 is 0 Å². The van der Waals surface area contributed by atoms with Gasteiger partial charge in [0.25, 0.3) is 0 Å². The summed E-state index contributed by atoms with van der Waals surface area (Å²) in [6, 6.07) is 12.6. The molecule has 1 aromatic carbocycles. The van der Waals surface area contributed by atoms with Gasteiger partial charge in [0.05, 0.1) is 6.20 Å². The number of quaternary nitrogens is 1. The van der Waals surface area contributed by atoms with E-state index in [1.807, 2.05) is 30.3 Å². The highest BCUT2D eigenvalue weighted by atomic mass is 16.6. The van der Waals surface area contributed by atoms with Gasteiger partial charge in [-0.3, -0.25) is 4.98 Å². The van der Waals surface area contributed by atoms with Crippen LogP contribution in [0.15, 0.2) is 54.9 Å². The van der Waals surface area contributed by atoms with Crippen LogP contribution in [-0.2, 0) is 0 Å². The molecule has 0 aliphatic carbocycles. The van der Waals surface area contributed by atoms with Gasteiger partial charge >= 0.3 is 6.09 Å². The maximum absolute atomic E-state index is 11.8. The topological polar surface area (TPSA) is 43.6 Å². The fourth-order valence-electron chi connectivity index (χ4n) is 1.33. The molecular weight excluding hydrogens is 216 g/mol. The number of hydrogen-bond acceptors (Lipinski definition) is 3. The van der Waals surface area contributed by atoms with E-state index in [-0.39, 0.29) is 0 Å². The number of pyridine rings is 1. The molecule has 0 fully saturated rings. The van der Waals surface area contributed by atoms with E-state index in [1.165, 1.54) is 6.20 Å². The third kappa shape index (κ3) is 2.89. The summed E-state index contributed by atoms with van der Waals surface area (Å²) in [4.78, 5) is 16.0. The number of carbonyl (C=O) groups excluding carboxylic acids is 1. The molecule has 1 aromatic heterocycles. The lowest BCUT2D eigenvalue weighted by molar-refractivity contribution is -0.695. The van der Waals surface area contributed by atoms with Gasteiger partial charge in [-0.2, -0.15) is 4.79 Å².